The van der Waals surface area contributed by atoms with E-state index < -0.39 is 5.97 Å². The number of nitrogens with zero attached hydrogens (tertiary/aromatic N) is 1. The summed E-state index contributed by atoms with van der Waals surface area (Å²) in [5.74, 6) is 0.452. The predicted molar refractivity (Wildman–Crippen MR) is 110 cm³/mol. The fourth-order valence-electron chi connectivity index (χ4n) is 2.73. The third kappa shape index (κ3) is 6.42. The van der Waals surface area contributed by atoms with Crippen LogP contribution in [0.5, 0.6) is 11.5 Å². The first-order valence-electron chi connectivity index (χ1n) is 9.78. The monoisotopic (exact) mass is 393 g/mol. The van der Waals surface area contributed by atoms with Crippen LogP contribution in [-0.2, 0) is 12.8 Å². The maximum atomic E-state index is 12.9. The van der Waals surface area contributed by atoms with E-state index in [4.69, 9.17) is 9.47 Å². The third-order valence-corrected chi connectivity index (χ3v) is 4.45. The van der Waals surface area contributed by atoms with Gasteiger partial charge in [-0.15, -0.1) is 0 Å². The first kappa shape index (κ1) is 20.5. The Hall–Kier alpha value is -3.21. The number of pyridine rings is 1. The van der Waals surface area contributed by atoms with Gasteiger partial charge in [-0.05, 0) is 73.4 Å². The average molecular weight is 393 g/mol. The Morgan fingerprint density at radius 1 is 0.931 bits per heavy atom. The number of ether oxygens (including phenoxy) is 2. The molecule has 3 aromatic rings. The van der Waals surface area contributed by atoms with Crippen LogP contribution >= 0.6 is 0 Å². The normalized spacial score (nSPS) is 10.6. The summed E-state index contributed by atoms with van der Waals surface area (Å²) in [7, 11) is 0. The Kier molecular flexibility index (Phi) is 7.34. The Bertz CT molecular complexity index is 906. The number of hydrogen-bond donors (Lipinski definition) is 0. The van der Waals surface area contributed by atoms with Gasteiger partial charge in [0, 0.05) is 5.69 Å². The quantitative estimate of drug-likeness (QED) is 0.361. The molecule has 150 valence electrons. The second-order valence-electron chi connectivity index (χ2n) is 6.73. The van der Waals surface area contributed by atoms with Crippen molar-refractivity contribution in [3.05, 3.63) is 89.5 Å². The maximum absolute atomic E-state index is 12.9. The molecule has 0 aliphatic carbocycles. The van der Waals surface area contributed by atoms with Crippen molar-refractivity contribution in [2.45, 2.75) is 32.6 Å². The molecule has 29 heavy (non-hydrogen) atoms. The maximum Gasteiger partial charge on any atom is 0.343 e. The first-order valence-corrected chi connectivity index (χ1v) is 9.78. The van der Waals surface area contributed by atoms with Gasteiger partial charge in [0.25, 0.3) is 0 Å². The van der Waals surface area contributed by atoms with E-state index >= 15 is 0 Å². The molecule has 2 aromatic carbocycles. The zero-order chi connectivity index (χ0) is 20.5. The number of hydrogen-bond acceptors (Lipinski definition) is 4. The molecule has 0 N–H and O–H groups in total. The number of rotatable bonds is 9. The molecule has 1 aromatic heterocycles. The van der Waals surface area contributed by atoms with Crippen molar-refractivity contribution < 1.29 is 18.7 Å². The van der Waals surface area contributed by atoms with Crippen molar-refractivity contribution in [1.82, 2.24) is 4.98 Å². The van der Waals surface area contributed by atoms with Crippen LogP contribution in [0.15, 0.2) is 66.9 Å². The van der Waals surface area contributed by atoms with Crippen LogP contribution in [0.1, 0.15) is 41.4 Å². The lowest BCUT2D eigenvalue weighted by Gasteiger charge is -2.07. The van der Waals surface area contributed by atoms with E-state index in [1.165, 1.54) is 12.1 Å². The number of esters is 1. The van der Waals surface area contributed by atoms with E-state index in [0.717, 1.165) is 42.7 Å². The fourth-order valence-corrected chi connectivity index (χ4v) is 2.73. The van der Waals surface area contributed by atoms with E-state index in [1.807, 2.05) is 6.07 Å². The fraction of sp³-hybridized carbons (Fsp3) is 0.250. The SMILES string of the molecule is CCCCOc1ccc(C(=O)Oc2ccc(CCc3ccc(F)cc3)nc2)cc1. The number of aromatic nitrogens is 1. The van der Waals surface area contributed by atoms with Crippen molar-refractivity contribution in [1.29, 1.82) is 0 Å². The van der Waals surface area contributed by atoms with Crippen LogP contribution in [-0.4, -0.2) is 17.6 Å². The summed E-state index contributed by atoms with van der Waals surface area (Å²) in [5, 5.41) is 0. The number of halogens is 1. The highest BCUT2D eigenvalue weighted by Crippen LogP contribution is 2.16. The topological polar surface area (TPSA) is 48.4 Å². The summed E-state index contributed by atoms with van der Waals surface area (Å²) >= 11 is 0. The largest absolute Gasteiger partial charge is 0.494 e. The molecule has 0 spiro atoms. The van der Waals surface area contributed by atoms with Crippen LogP contribution in [0.25, 0.3) is 0 Å². The minimum absolute atomic E-state index is 0.239. The summed E-state index contributed by atoms with van der Waals surface area (Å²) in [6.45, 7) is 2.77. The van der Waals surface area contributed by atoms with Crippen molar-refractivity contribution in [2.75, 3.05) is 6.61 Å². The molecule has 5 heteroatoms. The summed E-state index contributed by atoms with van der Waals surface area (Å²) < 4.78 is 23.9. The first-order chi connectivity index (χ1) is 14.1. The Balaban J connectivity index is 1.50. The highest BCUT2D eigenvalue weighted by atomic mass is 19.1. The Morgan fingerprint density at radius 3 is 2.31 bits per heavy atom. The van der Waals surface area contributed by atoms with Crippen LogP contribution in [0.4, 0.5) is 4.39 Å². The highest BCUT2D eigenvalue weighted by molar-refractivity contribution is 5.91. The van der Waals surface area contributed by atoms with Crippen molar-refractivity contribution in [3.8, 4) is 11.5 Å². The molecule has 0 unspecified atom stereocenters. The molecule has 1 heterocycles. The zero-order valence-corrected chi connectivity index (χ0v) is 16.4. The lowest BCUT2D eigenvalue weighted by atomic mass is 10.1. The molecule has 4 nitrogen and oxygen atoms in total. The standard InChI is InChI=1S/C24H24FNO3/c1-2-3-16-28-22-13-7-19(8-14-22)24(27)29-23-15-12-21(26-17-23)11-6-18-4-9-20(25)10-5-18/h4-5,7-10,12-15,17H,2-3,6,11,16H2,1H3. The molecule has 0 amide bonds. The van der Waals surface area contributed by atoms with Crippen LogP contribution < -0.4 is 9.47 Å². The van der Waals surface area contributed by atoms with Gasteiger partial charge in [0.15, 0.2) is 0 Å². The lowest BCUT2D eigenvalue weighted by molar-refractivity contribution is 0.0734. The molecule has 0 saturated carbocycles. The summed E-state index contributed by atoms with van der Waals surface area (Å²) in [6.07, 6.45) is 5.10. The van der Waals surface area contributed by atoms with Gasteiger partial charge in [-0.1, -0.05) is 25.5 Å². The Labute approximate surface area is 170 Å². The van der Waals surface area contributed by atoms with Crippen molar-refractivity contribution in [3.63, 3.8) is 0 Å². The summed E-state index contributed by atoms with van der Waals surface area (Å²) in [4.78, 5) is 16.6. The van der Waals surface area contributed by atoms with Gasteiger partial charge >= 0.3 is 5.97 Å². The lowest BCUT2D eigenvalue weighted by Crippen LogP contribution is -2.09. The van der Waals surface area contributed by atoms with Crippen LogP contribution in [0.2, 0.25) is 0 Å². The number of benzene rings is 2. The van der Waals surface area contributed by atoms with Gasteiger partial charge in [0.2, 0.25) is 0 Å². The van der Waals surface area contributed by atoms with Gasteiger partial charge in [0.1, 0.15) is 17.3 Å². The Morgan fingerprint density at radius 2 is 1.66 bits per heavy atom. The minimum atomic E-state index is -0.439. The second-order valence-corrected chi connectivity index (χ2v) is 6.73. The molecule has 0 aliphatic rings. The summed E-state index contributed by atoms with van der Waals surface area (Å²) in [6, 6.07) is 16.9. The predicted octanol–water partition coefficient (Wildman–Crippen LogP) is 5.40. The van der Waals surface area contributed by atoms with Gasteiger partial charge in [-0.3, -0.25) is 4.98 Å². The number of unbranched alkanes of at least 4 members (excludes halogenated alkanes) is 1. The van der Waals surface area contributed by atoms with Crippen LogP contribution in [0, 0.1) is 5.82 Å². The number of carbonyl (C=O) groups is 1. The van der Waals surface area contributed by atoms with Gasteiger partial charge in [-0.2, -0.15) is 0 Å². The van der Waals surface area contributed by atoms with E-state index in [1.54, 1.807) is 48.7 Å². The third-order valence-electron chi connectivity index (χ3n) is 4.45. The minimum Gasteiger partial charge on any atom is -0.494 e. The van der Waals surface area contributed by atoms with E-state index in [-0.39, 0.29) is 5.82 Å². The van der Waals surface area contributed by atoms with Crippen LogP contribution in [0.3, 0.4) is 0 Å². The molecule has 0 fully saturated rings. The number of carbonyl (C=O) groups excluding carboxylic acids is 1. The van der Waals surface area contributed by atoms with Gasteiger partial charge < -0.3 is 9.47 Å². The second kappa shape index (κ2) is 10.4. The van der Waals surface area contributed by atoms with Crippen molar-refractivity contribution >= 4 is 5.97 Å². The molecule has 3 rings (SSSR count). The van der Waals surface area contributed by atoms with Gasteiger partial charge in [-0.25, -0.2) is 9.18 Å². The molecule has 0 saturated heterocycles. The smallest absolute Gasteiger partial charge is 0.343 e. The molecule has 0 bridgehead atoms. The molecular formula is C24H24FNO3. The van der Waals surface area contributed by atoms with E-state index in [2.05, 4.69) is 11.9 Å². The van der Waals surface area contributed by atoms with E-state index in [9.17, 15) is 9.18 Å². The molecule has 0 radical (unpaired) electrons. The summed E-state index contributed by atoms with van der Waals surface area (Å²) in [5.41, 5.74) is 2.38. The van der Waals surface area contributed by atoms with E-state index in [0.29, 0.717) is 17.9 Å². The molecule has 0 aliphatic heterocycles. The highest BCUT2D eigenvalue weighted by Gasteiger charge is 2.09. The van der Waals surface area contributed by atoms with Crippen molar-refractivity contribution in [2.24, 2.45) is 0 Å². The number of aryl methyl sites for hydroxylation is 2. The van der Waals surface area contributed by atoms with Gasteiger partial charge in [0.05, 0.1) is 18.4 Å². The zero-order valence-electron chi connectivity index (χ0n) is 16.4. The molecule has 0 atom stereocenters. The molecular weight excluding hydrogens is 369 g/mol. The average Bonchev–Trinajstić information content (AvgIpc) is 2.75.